The van der Waals surface area contributed by atoms with Crippen LogP contribution in [-0.4, -0.2) is 20.2 Å². The average molecular weight is 300 g/mol. The van der Waals surface area contributed by atoms with E-state index in [1.807, 2.05) is 42.5 Å². The molecule has 0 aliphatic rings. The smallest absolute Gasteiger partial charge is 0.143 e. The first kappa shape index (κ1) is 13.6. The zero-order valence-corrected chi connectivity index (χ0v) is 12.2. The van der Waals surface area contributed by atoms with E-state index in [0.717, 1.165) is 22.9 Å². The second kappa shape index (κ2) is 5.93. The number of halogens is 1. The molecule has 0 fully saturated rings. The van der Waals surface area contributed by atoms with Crippen LogP contribution in [0.3, 0.4) is 0 Å². The third-order valence-corrected chi connectivity index (χ3v) is 3.48. The van der Waals surface area contributed by atoms with Gasteiger partial charge in [0.2, 0.25) is 0 Å². The van der Waals surface area contributed by atoms with Gasteiger partial charge in [0, 0.05) is 17.3 Å². The number of aryl methyl sites for hydroxylation is 1. The molecule has 0 saturated heterocycles. The Bertz CT molecular complexity index is 740. The molecule has 1 heterocycles. The first-order valence-corrected chi connectivity index (χ1v) is 6.92. The van der Waals surface area contributed by atoms with Crippen LogP contribution >= 0.6 is 11.6 Å². The first-order valence-electron chi connectivity index (χ1n) is 6.55. The number of rotatable bonds is 4. The minimum absolute atomic E-state index is 0.738. The molecule has 106 valence electrons. The second-order valence-corrected chi connectivity index (χ2v) is 5.17. The molecule has 0 bridgehead atoms. The zero-order chi connectivity index (χ0) is 14.7. The third-order valence-electron chi connectivity index (χ3n) is 3.25. The molecule has 1 aromatic heterocycles. The summed E-state index contributed by atoms with van der Waals surface area (Å²) in [5, 5.41) is 15.3. The quantitative estimate of drug-likeness (QED) is 0.803. The van der Waals surface area contributed by atoms with E-state index in [-0.39, 0.29) is 0 Å². The summed E-state index contributed by atoms with van der Waals surface area (Å²) < 4.78 is 1.62. The van der Waals surface area contributed by atoms with Gasteiger partial charge in [-0.3, -0.25) is 0 Å². The molecular formula is C15H14ClN5. The van der Waals surface area contributed by atoms with E-state index in [1.165, 1.54) is 11.1 Å². The highest BCUT2D eigenvalue weighted by Gasteiger charge is 2.02. The van der Waals surface area contributed by atoms with Crippen LogP contribution in [0.15, 0.2) is 48.8 Å². The zero-order valence-electron chi connectivity index (χ0n) is 11.5. The van der Waals surface area contributed by atoms with Gasteiger partial charge in [0.15, 0.2) is 0 Å². The summed E-state index contributed by atoms with van der Waals surface area (Å²) in [4.78, 5) is 0. The average Bonchev–Trinajstić information content (AvgIpc) is 3.01. The number of benzene rings is 2. The van der Waals surface area contributed by atoms with E-state index in [4.69, 9.17) is 11.6 Å². The summed E-state index contributed by atoms with van der Waals surface area (Å²) >= 11 is 5.97. The van der Waals surface area contributed by atoms with Gasteiger partial charge in [-0.25, -0.2) is 4.68 Å². The molecule has 5 nitrogen and oxygen atoms in total. The van der Waals surface area contributed by atoms with Crippen LogP contribution in [0, 0.1) is 6.92 Å². The normalized spacial score (nSPS) is 10.6. The van der Waals surface area contributed by atoms with Crippen LogP contribution in [0.5, 0.6) is 0 Å². The highest BCUT2D eigenvalue weighted by atomic mass is 35.5. The molecule has 0 unspecified atom stereocenters. The Morgan fingerprint density at radius 2 is 2.10 bits per heavy atom. The summed E-state index contributed by atoms with van der Waals surface area (Å²) in [6.45, 7) is 2.79. The van der Waals surface area contributed by atoms with Crippen molar-refractivity contribution in [1.29, 1.82) is 0 Å². The van der Waals surface area contributed by atoms with E-state index in [1.54, 1.807) is 11.0 Å². The Balaban J connectivity index is 1.75. The van der Waals surface area contributed by atoms with Crippen molar-refractivity contribution in [2.75, 3.05) is 5.32 Å². The Labute approximate surface area is 127 Å². The van der Waals surface area contributed by atoms with Crippen molar-refractivity contribution >= 4 is 17.3 Å². The predicted molar refractivity (Wildman–Crippen MR) is 82.7 cm³/mol. The van der Waals surface area contributed by atoms with Crippen molar-refractivity contribution in [3.63, 3.8) is 0 Å². The molecule has 3 rings (SSSR count). The van der Waals surface area contributed by atoms with Crippen molar-refractivity contribution in [1.82, 2.24) is 20.2 Å². The minimum atomic E-state index is 0.738. The maximum Gasteiger partial charge on any atom is 0.143 e. The minimum Gasteiger partial charge on any atom is -0.381 e. The van der Waals surface area contributed by atoms with Crippen LogP contribution in [0.4, 0.5) is 5.69 Å². The van der Waals surface area contributed by atoms with Gasteiger partial charge in [-0.15, -0.1) is 5.10 Å². The van der Waals surface area contributed by atoms with Gasteiger partial charge < -0.3 is 5.32 Å². The predicted octanol–water partition coefficient (Wildman–Crippen LogP) is 3.24. The topological polar surface area (TPSA) is 55.6 Å². The van der Waals surface area contributed by atoms with E-state index < -0.39 is 0 Å². The molecule has 0 spiro atoms. The van der Waals surface area contributed by atoms with Crippen molar-refractivity contribution in [2.24, 2.45) is 0 Å². The van der Waals surface area contributed by atoms with E-state index in [0.29, 0.717) is 0 Å². The summed E-state index contributed by atoms with van der Waals surface area (Å²) in [6, 6.07) is 13.8. The second-order valence-electron chi connectivity index (χ2n) is 4.73. The lowest BCUT2D eigenvalue weighted by molar-refractivity contribution is 0.789. The highest BCUT2D eigenvalue weighted by molar-refractivity contribution is 6.30. The van der Waals surface area contributed by atoms with Gasteiger partial charge in [0.1, 0.15) is 6.33 Å². The largest absolute Gasteiger partial charge is 0.381 e. The number of hydrogen-bond donors (Lipinski definition) is 1. The maximum atomic E-state index is 5.97. The summed E-state index contributed by atoms with van der Waals surface area (Å²) in [6.07, 6.45) is 1.57. The summed E-state index contributed by atoms with van der Waals surface area (Å²) in [5.41, 5.74) is 4.31. The lowest BCUT2D eigenvalue weighted by atomic mass is 10.1. The number of aromatic nitrogens is 4. The standard InChI is InChI=1S/C15H14ClN5/c1-11-7-13(16)6-5-12(11)9-17-14-3-2-4-15(8-14)21-10-18-19-20-21/h2-8,10,17H,9H2,1H3. The molecule has 3 aromatic rings. The van der Waals surface area contributed by atoms with Crippen molar-refractivity contribution in [3.8, 4) is 5.69 Å². The highest BCUT2D eigenvalue weighted by Crippen LogP contribution is 2.18. The molecule has 0 amide bonds. The molecule has 0 saturated carbocycles. The molecule has 0 radical (unpaired) electrons. The Hall–Kier alpha value is -2.40. The number of tetrazole rings is 1. The lowest BCUT2D eigenvalue weighted by Crippen LogP contribution is -2.02. The fourth-order valence-corrected chi connectivity index (χ4v) is 2.32. The van der Waals surface area contributed by atoms with Crippen LogP contribution in [-0.2, 0) is 6.54 Å². The van der Waals surface area contributed by atoms with Gasteiger partial charge in [0.25, 0.3) is 0 Å². The molecule has 6 heteroatoms. The fourth-order valence-electron chi connectivity index (χ4n) is 2.09. The lowest BCUT2D eigenvalue weighted by Gasteiger charge is -2.10. The molecule has 0 aliphatic heterocycles. The van der Waals surface area contributed by atoms with Gasteiger partial charge in [-0.2, -0.15) is 0 Å². The van der Waals surface area contributed by atoms with Crippen molar-refractivity contribution in [2.45, 2.75) is 13.5 Å². The fraction of sp³-hybridized carbons (Fsp3) is 0.133. The van der Waals surface area contributed by atoms with Gasteiger partial charge in [0.05, 0.1) is 5.69 Å². The maximum absolute atomic E-state index is 5.97. The van der Waals surface area contributed by atoms with Gasteiger partial charge >= 0.3 is 0 Å². The van der Waals surface area contributed by atoms with Gasteiger partial charge in [-0.05, 0) is 58.8 Å². The molecule has 1 N–H and O–H groups in total. The van der Waals surface area contributed by atoms with Crippen molar-refractivity contribution in [3.05, 3.63) is 64.9 Å². The Morgan fingerprint density at radius 1 is 1.19 bits per heavy atom. The van der Waals surface area contributed by atoms with Crippen molar-refractivity contribution < 1.29 is 0 Å². The van der Waals surface area contributed by atoms with Crippen LogP contribution < -0.4 is 5.32 Å². The molecular weight excluding hydrogens is 286 g/mol. The van der Waals surface area contributed by atoms with Gasteiger partial charge in [-0.1, -0.05) is 23.7 Å². The van der Waals surface area contributed by atoms with Crippen LogP contribution in [0.1, 0.15) is 11.1 Å². The third kappa shape index (κ3) is 3.20. The van der Waals surface area contributed by atoms with E-state index in [2.05, 4.69) is 27.8 Å². The Morgan fingerprint density at radius 3 is 2.86 bits per heavy atom. The van der Waals surface area contributed by atoms with E-state index >= 15 is 0 Å². The molecule has 0 atom stereocenters. The molecule has 21 heavy (non-hydrogen) atoms. The van der Waals surface area contributed by atoms with E-state index in [9.17, 15) is 0 Å². The number of nitrogens with zero attached hydrogens (tertiary/aromatic N) is 4. The number of nitrogens with one attached hydrogen (secondary N) is 1. The molecule has 2 aromatic carbocycles. The number of anilines is 1. The van der Waals surface area contributed by atoms with Crippen LogP contribution in [0.2, 0.25) is 5.02 Å². The van der Waals surface area contributed by atoms with Crippen LogP contribution in [0.25, 0.3) is 5.69 Å². The number of hydrogen-bond acceptors (Lipinski definition) is 4. The summed E-state index contributed by atoms with van der Waals surface area (Å²) in [7, 11) is 0. The Kier molecular flexibility index (Phi) is 3.83. The summed E-state index contributed by atoms with van der Waals surface area (Å²) in [5.74, 6) is 0. The SMILES string of the molecule is Cc1cc(Cl)ccc1CNc1cccc(-n2cnnn2)c1. The monoisotopic (exact) mass is 299 g/mol. The first-order chi connectivity index (χ1) is 10.2. The molecule has 0 aliphatic carbocycles.